The number of hydrogen-bond acceptors (Lipinski definition) is 7. The molecule has 0 aliphatic rings. The Labute approximate surface area is 167 Å². The number of para-hydroxylation sites is 1. The van der Waals surface area contributed by atoms with E-state index in [1.807, 2.05) is 53.1 Å². The number of hydrogen-bond donors (Lipinski definition) is 0. The second-order valence-corrected chi connectivity index (χ2v) is 7.13. The summed E-state index contributed by atoms with van der Waals surface area (Å²) in [5.74, 6) is 1.71. The fourth-order valence-corrected chi connectivity index (χ4v) is 3.58. The van der Waals surface area contributed by atoms with Gasteiger partial charge in [0, 0.05) is 0 Å². The molecule has 1 unspecified atom stereocenters. The van der Waals surface area contributed by atoms with Crippen molar-refractivity contribution in [3.63, 3.8) is 0 Å². The number of rotatable bonds is 7. The molecule has 2 aromatic carbocycles. The molecular formula is C20H21N3O4S. The number of aromatic nitrogens is 3. The smallest absolute Gasteiger partial charge is 0.318 e. The highest BCUT2D eigenvalue weighted by Gasteiger charge is 2.23. The molecule has 146 valence electrons. The Morgan fingerprint density at radius 3 is 2.36 bits per heavy atom. The van der Waals surface area contributed by atoms with Gasteiger partial charge >= 0.3 is 5.97 Å². The maximum absolute atomic E-state index is 11.9. The van der Waals surface area contributed by atoms with Crippen molar-refractivity contribution in [2.45, 2.75) is 17.3 Å². The molecule has 3 rings (SSSR count). The second-order valence-electron chi connectivity index (χ2n) is 5.82. The van der Waals surface area contributed by atoms with E-state index in [9.17, 15) is 4.79 Å². The van der Waals surface area contributed by atoms with Crippen molar-refractivity contribution < 1.29 is 19.0 Å². The Kier molecular flexibility index (Phi) is 6.20. The summed E-state index contributed by atoms with van der Waals surface area (Å²) < 4.78 is 17.5. The fourth-order valence-electron chi connectivity index (χ4n) is 2.69. The molecule has 0 saturated heterocycles. The van der Waals surface area contributed by atoms with Gasteiger partial charge in [-0.15, -0.1) is 10.2 Å². The van der Waals surface area contributed by atoms with Crippen LogP contribution in [-0.4, -0.2) is 47.3 Å². The number of carbonyl (C=O) groups excluding carboxylic acids is 1. The Morgan fingerprint density at radius 2 is 1.71 bits per heavy atom. The van der Waals surface area contributed by atoms with E-state index in [-0.39, 0.29) is 5.97 Å². The maximum atomic E-state index is 11.9. The Morgan fingerprint density at radius 1 is 1.00 bits per heavy atom. The van der Waals surface area contributed by atoms with Gasteiger partial charge in [-0.05, 0) is 43.3 Å². The van der Waals surface area contributed by atoms with Crippen molar-refractivity contribution in [2.75, 3.05) is 21.3 Å². The Bertz CT molecular complexity index is 956. The van der Waals surface area contributed by atoms with E-state index < -0.39 is 5.25 Å². The van der Waals surface area contributed by atoms with Crippen LogP contribution in [0.4, 0.5) is 0 Å². The van der Waals surface area contributed by atoms with E-state index in [1.165, 1.54) is 18.9 Å². The van der Waals surface area contributed by atoms with Gasteiger partial charge < -0.3 is 14.2 Å². The Balaban J connectivity index is 2.13. The van der Waals surface area contributed by atoms with Crippen molar-refractivity contribution in [2.24, 2.45) is 0 Å². The molecule has 1 heterocycles. The van der Waals surface area contributed by atoms with Crippen LogP contribution in [0.5, 0.6) is 11.5 Å². The monoisotopic (exact) mass is 399 g/mol. The van der Waals surface area contributed by atoms with Crippen LogP contribution in [0.1, 0.15) is 6.92 Å². The predicted molar refractivity (Wildman–Crippen MR) is 107 cm³/mol. The molecule has 7 nitrogen and oxygen atoms in total. The highest BCUT2D eigenvalue weighted by molar-refractivity contribution is 8.00. The first-order chi connectivity index (χ1) is 13.6. The lowest BCUT2D eigenvalue weighted by atomic mass is 10.2. The molecule has 3 aromatic rings. The lowest BCUT2D eigenvalue weighted by molar-refractivity contribution is -0.139. The zero-order chi connectivity index (χ0) is 20.1. The van der Waals surface area contributed by atoms with Crippen molar-refractivity contribution in [1.82, 2.24) is 14.8 Å². The minimum Gasteiger partial charge on any atom is -0.497 e. The summed E-state index contributed by atoms with van der Waals surface area (Å²) >= 11 is 1.28. The van der Waals surface area contributed by atoms with E-state index in [0.29, 0.717) is 16.7 Å². The first-order valence-electron chi connectivity index (χ1n) is 8.56. The molecule has 0 fully saturated rings. The Hall–Kier alpha value is -3.00. The summed E-state index contributed by atoms with van der Waals surface area (Å²) in [7, 11) is 4.60. The van der Waals surface area contributed by atoms with Gasteiger partial charge in [0.05, 0.1) is 32.6 Å². The van der Waals surface area contributed by atoms with Gasteiger partial charge in [0.1, 0.15) is 16.7 Å². The van der Waals surface area contributed by atoms with Gasteiger partial charge in [0.25, 0.3) is 0 Å². The highest BCUT2D eigenvalue weighted by atomic mass is 32.2. The highest BCUT2D eigenvalue weighted by Crippen LogP contribution is 2.34. The number of thioether (sulfide) groups is 1. The average Bonchev–Trinajstić information content (AvgIpc) is 3.16. The van der Waals surface area contributed by atoms with Gasteiger partial charge in [0.15, 0.2) is 11.0 Å². The first-order valence-corrected chi connectivity index (χ1v) is 9.44. The summed E-state index contributed by atoms with van der Waals surface area (Å²) in [6.07, 6.45) is 0. The number of benzene rings is 2. The second kappa shape index (κ2) is 8.79. The van der Waals surface area contributed by atoms with Crippen LogP contribution < -0.4 is 9.47 Å². The van der Waals surface area contributed by atoms with E-state index in [4.69, 9.17) is 14.2 Å². The summed E-state index contributed by atoms with van der Waals surface area (Å²) in [6, 6.07) is 15.1. The summed E-state index contributed by atoms with van der Waals surface area (Å²) in [6.45, 7) is 1.77. The van der Waals surface area contributed by atoms with Gasteiger partial charge in [-0.1, -0.05) is 23.9 Å². The first kappa shape index (κ1) is 19.8. The van der Waals surface area contributed by atoms with Crippen molar-refractivity contribution in [3.8, 4) is 28.6 Å². The molecule has 0 amide bonds. The lowest BCUT2D eigenvalue weighted by Gasteiger charge is -2.14. The SMILES string of the molecule is COC(=O)C(C)Sc1nnc(-c2ccccc2OC)n1-c1ccc(OC)cc1. The van der Waals surface area contributed by atoms with Crippen LogP contribution in [0.3, 0.4) is 0 Å². The zero-order valence-corrected chi connectivity index (χ0v) is 16.9. The minimum atomic E-state index is -0.434. The van der Waals surface area contributed by atoms with Gasteiger partial charge in [-0.25, -0.2) is 0 Å². The van der Waals surface area contributed by atoms with Crippen LogP contribution in [0, 0.1) is 0 Å². The predicted octanol–water partition coefficient (Wildman–Crippen LogP) is 3.61. The maximum Gasteiger partial charge on any atom is 0.318 e. The van der Waals surface area contributed by atoms with Crippen LogP contribution in [0.2, 0.25) is 0 Å². The third kappa shape index (κ3) is 3.96. The number of esters is 1. The van der Waals surface area contributed by atoms with E-state index in [2.05, 4.69) is 10.2 Å². The zero-order valence-electron chi connectivity index (χ0n) is 16.1. The molecule has 0 aliphatic heterocycles. The van der Waals surface area contributed by atoms with E-state index in [1.54, 1.807) is 21.1 Å². The van der Waals surface area contributed by atoms with E-state index >= 15 is 0 Å². The van der Waals surface area contributed by atoms with E-state index in [0.717, 1.165) is 17.0 Å². The molecule has 0 N–H and O–H groups in total. The number of carbonyl (C=O) groups is 1. The lowest BCUT2D eigenvalue weighted by Crippen LogP contribution is -2.15. The molecule has 8 heteroatoms. The third-order valence-electron chi connectivity index (χ3n) is 4.13. The summed E-state index contributed by atoms with van der Waals surface area (Å²) in [4.78, 5) is 11.9. The molecule has 1 aromatic heterocycles. The third-order valence-corrected chi connectivity index (χ3v) is 5.15. The van der Waals surface area contributed by atoms with Crippen molar-refractivity contribution in [1.29, 1.82) is 0 Å². The normalized spacial score (nSPS) is 11.7. The summed E-state index contributed by atoms with van der Waals surface area (Å²) in [5.41, 5.74) is 1.64. The van der Waals surface area contributed by atoms with Crippen molar-refractivity contribution >= 4 is 17.7 Å². The average molecular weight is 399 g/mol. The molecule has 0 radical (unpaired) electrons. The quantitative estimate of drug-likeness (QED) is 0.444. The fraction of sp³-hybridized carbons (Fsp3) is 0.250. The molecule has 28 heavy (non-hydrogen) atoms. The molecule has 0 saturated carbocycles. The molecule has 0 spiro atoms. The standard InChI is InChI=1S/C20H21N3O4S/c1-13(19(24)27-4)28-20-22-21-18(16-7-5-6-8-17(16)26-3)23(20)14-9-11-15(25-2)12-10-14/h5-13H,1-4H3. The van der Waals surface area contributed by atoms with Crippen LogP contribution in [0.25, 0.3) is 17.1 Å². The number of methoxy groups -OCH3 is 3. The largest absolute Gasteiger partial charge is 0.497 e. The van der Waals surface area contributed by atoms with Crippen LogP contribution in [-0.2, 0) is 9.53 Å². The molecular weight excluding hydrogens is 378 g/mol. The van der Waals surface area contributed by atoms with Crippen molar-refractivity contribution in [3.05, 3.63) is 48.5 Å². The molecule has 0 aliphatic carbocycles. The number of nitrogens with zero attached hydrogens (tertiary/aromatic N) is 3. The van der Waals surface area contributed by atoms with Crippen LogP contribution in [0.15, 0.2) is 53.7 Å². The van der Waals surface area contributed by atoms with Gasteiger partial charge in [-0.3, -0.25) is 9.36 Å². The number of ether oxygens (including phenoxy) is 3. The van der Waals surface area contributed by atoms with Crippen LogP contribution >= 0.6 is 11.8 Å². The summed E-state index contributed by atoms with van der Waals surface area (Å²) in [5, 5.41) is 8.85. The molecule has 0 bridgehead atoms. The minimum absolute atomic E-state index is 0.326. The molecule has 1 atom stereocenters. The van der Waals surface area contributed by atoms with Gasteiger partial charge in [0.2, 0.25) is 0 Å². The topological polar surface area (TPSA) is 75.5 Å². The van der Waals surface area contributed by atoms with Gasteiger partial charge in [-0.2, -0.15) is 0 Å².